The standard InChI is InChI=1S/C18H22N4O6S3/c23-29(24)12-5-17(14-29)30(25,26)15-3-1-4-16(13-15)31(27,28)22-10-8-21(9-11-22)18-19-6-2-7-20-18/h1-4,6-7,13,17H,5,8-12,14H2. The van der Waals surface area contributed by atoms with E-state index in [9.17, 15) is 25.3 Å². The predicted octanol–water partition coefficient (Wildman–Crippen LogP) is -0.0517. The number of sulfonamides is 1. The van der Waals surface area contributed by atoms with Crippen molar-refractivity contribution in [2.24, 2.45) is 0 Å². The van der Waals surface area contributed by atoms with Crippen LogP contribution in [0.1, 0.15) is 6.42 Å². The van der Waals surface area contributed by atoms with Crippen LogP contribution in [-0.2, 0) is 29.7 Å². The normalized spacial score (nSPS) is 22.5. The first-order valence-electron chi connectivity index (χ1n) is 9.66. The lowest BCUT2D eigenvalue weighted by Gasteiger charge is -2.33. The maximum Gasteiger partial charge on any atom is 0.243 e. The zero-order valence-corrected chi connectivity index (χ0v) is 19.0. The molecule has 1 aromatic heterocycles. The number of rotatable bonds is 5. The molecule has 0 radical (unpaired) electrons. The molecule has 31 heavy (non-hydrogen) atoms. The van der Waals surface area contributed by atoms with Gasteiger partial charge in [0.25, 0.3) is 0 Å². The Morgan fingerprint density at radius 3 is 2.16 bits per heavy atom. The molecule has 10 nitrogen and oxygen atoms in total. The molecular formula is C18H22N4O6S3. The highest BCUT2D eigenvalue weighted by molar-refractivity contribution is 7.96. The number of piperazine rings is 1. The van der Waals surface area contributed by atoms with E-state index < -0.39 is 40.7 Å². The Morgan fingerprint density at radius 2 is 1.55 bits per heavy atom. The zero-order valence-electron chi connectivity index (χ0n) is 16.5. The number of hydrogen-bond donors (Lipinski definition) is 0. The summed E-state index contributed by atoms with van der Waals surface area (Å²) in [4.78, 5) is 9.93. The van der Waals surface area contributed by atoms with Crippen molar-refractivity contribution in [3.05, 3.63) is 42.7 Å². The first-order valence-corrected chi connectivity index (χ1v) is 14.5. The molecule has 0 amide bonds. The summed E-state index contributed by atoms with van der Waals surface area (Å²) >= 11 is 0. The minimum atomic E-state index is -3.95. The lowest BCUT2D eigenvalue weighted by atomic mass is 10.4. The van der Waals surface area contributed by atoms with Crippen LogP contribution in [0.5, 0.6) is 0 Å². The fourth-order valence-electron chi connectivity index (χ4n) is 3.74. The number of benzene rings is 1. The van der Waals surface area contributed by atoms with Crippen molar-refractivity contribution in [3.8, 4) is 0 Å². The second-order valence-corrected chi connectivity index (χ2v) is 13.9. The Hall–Kier alpha value is -2.09. The molecule has 2 aromatic rings. The van der Waals surface area contributed by atoms with Crippen molar-refractivity contribution in [3.63, 3.8) is 0 Å². The Labute approximate surface area is 181 Å². The summed E-state index contributed by atoms with van der Waals surface area (Å²) in [6.45, 7) is 1.22. The van der Waals surface area contributed by atoms with Crippen LogP contribution in [0, 0.1) is 0 Å². The van der Waals surface area contributed by atoms with E-state index in [0.29, 0.717) is 19.0 Å². The van der Waals surface area contributed by atoms with Gasteiger partial charge in [0.15, 0.2) is 19.7 Å². The summed E-state index contributed by atoms with van der Waals surface area (Å²) in [6, 6.07) is 6.86. The highest BCUT2D eigenvalue weighted by Gasteiger charge is 2.38. The molecule has 4 rings (SSSR count). The fourth-order valence-corrected chi connectivity index (χ4v) is 9.69. The van der Waals surface area contributed by atoms with Gasteiger partial charge in [-0.25, -0.2) is 35.2 Å². The van der Waals surface area contributed by atoms with E-state index in [1.54, 1.807) is 18.5 Å². The largest absolute Gasteiger partial charge is 0.338 e. The summed E-state index contributed by atoms with van der Waals surface area (Å²) in [5.74, 6) is -0.0840. The number of aromatic nitrogens is 2. The quantitative estimate of drug-likeness (QED) is 0.570. The molecule has 2 aliphatic heterocycles. The summed E-state index contributed by atoms with van der Waals surface area (Å²) in [7, 11) is -11.3. The van der Waals surface area contributed by atoms with E-state index in [-0.39, 0.29) is 35.1 Å². The molecule has 1 atom stereocenters. The number of sulfone groups is 2. The zero-order chi connectivity index (χ0) is 22.3. The van der Waals surface area contributed by atoms with Gasteiger partial charge in [-0.3, -0.25) is 0 Å². The van der Waals surface area contributed by atoms with Gasteiger partial charge in [-0.15, -0.1) is 0 Å². The molecule has 0 bridgehead atoms. The van der Waals surface area contributed by atoms with E-state index in [1.807, 2.05) is 4.90 Å². The first kappa shape index (κ1) is 22.1. The molecule has 2 saturated heterocycles. The minimum absolute atomic E-state index is 0.0190. The number of hydrogen-bond acceptors (Lipinski definition) is 9. The molecule has 0 aliphatic carbocycles. The van der Waals surface area contributed by atoms with E-state index >= 15 is 0 Å². The molecule has 168 valence electrons. The van der Waals surface area contributed by atoms with Crippen LogP contribution < -0.4 is 4.90 Å². The van der Waals surface area contributed by atoms with Crippen LogP contribution in [0.2, 0.25) is 0 Å². The van der Waals surface area contributed by atoms with E-state index in [2.05, 4.69) is 9.97 Å². The lowest BCUT2D eigenvalue weighted by Crippen LogP contribution is -2.49. The Balaban J connectivity index is 1.53. The van der Waals surface area contributed by atoms with Gasteiger partial charge in [-0.05, 0) is 30.7 Å². The SMILES string of the molecule is O=S1(=O)CCC(S(=O)(=O)c2cccc(S(=O)(=O)N3CCN(c4ncccn4)CC3)c2)C1. The highest BCUT2D eigenvalue weighted by Crippen LogP contribution is 2.28. The number of anilines is 1. The van der Waals surface area contributed by atoms with Gasteiger partial charge in [-0.2, -0.15) is 4.31 Å². The molecule has 3 heterocycles. The monoisotopic (exact) mass is 486 g/mol. The summed E-state index contributed by atoms with van der Waals surface area (Å²) in [5, 5.41) is -1.05. The van der Waals surface area contributed by atoms with Crippen LogP contribution in [-0.4, -0.2) is 82.5 Å². The van der Waals surface area contributed by atoms with Gasteiger partial charge in [-0.1, -0.05) is 6.07 Å². The molecule has 13 heteroatoms. The average Bonchev–Trinajstić information content (AvgIpc) is 3.15. The molecule has 0 N–H and O–H groups in total. The second-order valence-electron chi connectivity index (χ2n) is 7.48. The van der Waals surface area contributed by atoms with Crippen molar-refractivity contribution in [2.45, 2.75) is 21.5 Å². The fraction of sp³-hybridized carbons (Fsp3) is 0.444. The third kappa shape index (κ3) is 4.45. The summed E-state index contributed by atoms with van der Waals surface area (Å²) in [6.07, 6.45) is 3.26. The topological polar surface area (TPSA) is 135 Å². The molecule has 0 saturated carbocycles. The third-order valence-corrected chi connectivity index (χ3v) is 11.5. The van der Waals surface area contributed by atoms with Crippen LogP contribution >= 0.6 is 0 Å². The smallest absolute Gasteiger partial charge is 0.243 e. The molecule has 2 fully saturated rings. The molecule has 1 unspecified atom stereocenters. The van der Waals surface area contributed by atoms with Crippen molar-refractivity contribution < 1.29 is 25.3 Å². The molecule has 2 aliphatic rings. The highest BCUT2D eigenvalue weighted by atomic mass is 32.2. The van der Waals surface area contributed by atoms with Crippen molar-refractivity contribution in [2.75, 3.05) is 42.6 Å². The van der Waals surface area contributed by atoms with Crippen LogP contribution in [0.4, 0.5) is 5.95 Å². The van der Waals surface area contributed by atoms with Gasteiger partial charge in [0.05, 0.1) is 26.5 Å². The third-order valence-electron chi connectivity index (χ3n) is 5.47. The van der Waals surface area contributed by atoms with Gasteiger partial charge in [0.1, 0.15) is 0 Å². The van der Waals surface area contributed by atoms with Gasteiger partial charge < -0.3 is 4.90 Å². The number of nitrogens with zero attached hydrogens (tertiary/aromatic N) is 4. The van der Waals surface area contributed by atoms with Crippen molar-refractivity contribution >= 4 is 35.6 Å². The first-order chi connectivity index (χ1) is 14.6. The Kier molecular flexibility index (Phi) is 5.79. The maximum absolute atomic E-state index is 13.1. The summed E-state index contributed by atoms with van der Waals surface area (Å²) < 4.78 is 76.7. The maximum atomic E-state index is 13.1. The summed E-state index contributed by atoms with van der Waals surface area (Å²) in [5.41, 5.74) is 0. The predicted molar refractivity (Wildman–Crippen MR) is 114 cm³/mol. The minimum Gasteiger partial charge on any atom is -0.338 e. The van der Waals surface area contributed by atoms with Crippen LogP contribution in [0.25, 0.3) is 0 Å². The van der Waals surface area contributed by atoms with Crippen LogP contribution in [0.15, 0.2) is 52.5 Å². The van der Waals surface area contributed by atoms with E-state index in [1.165, 1.54) is 22.5 Å². The van der Waals surface area contributed by atoms with E-state index in [0.717, 1.165) is 6.07 Å². The van der Waals surface area contributed by atoms with Crippen molar-refractivity contribution in [1.82, 2.24) is 14.3 Å². The van der Waals surface area contributed by atoms with Crippen LogP contribution in [0.3, 0.4) is 0 Å². The molecular weight excluding hydrogens is 464 g/mol. The molecule has 0 spiro atoms. The van der Waals surface area contributed by atoms with E-state index in [4.69, 9.17) is 0 Å². The molecule has 1 aromatic carbocycles. The Bertz CT molecular complexity index is 1270. The van der Waals surface area contributed by atoms with Gasteiger partial charge >= 0.3 is 0 Å². The average molecular weight is 487 g/mol. The van der Waals surface area contributed by atoms with Gasteiger partial charge in [0, 0.05) is 38.6 Å². The Morgan fingerprint density at radius 1 is 0.903 bits per heavy atom. The lowest BCUT2D eigenvalue weighted by molar-refractivity contribution is 0.382. The second kappa shape index (κ2) is 8.11. The van der Waals surface area contributed by atoms with Crippen molar-refractivity contribution in [1.29, 1.82) is 0 Å². The van der Waals surface area contributed by atoms with Gasteiger partial charge in [0.2, 0.25) is 16.0 Å².